The molecular formula is C14H20F6N2O. The molecule has 0 radical (unpaired) electrons. The minimum atomic E-state index is -5.42. The van der Waals surface area contributed by atoms with Gasteiger partial charge < -0.3 is 4.90 Å². The molecule has 0 N–H and O–H groups in total. The van der Waals surface area contributed by atoms with Gasteiger partial charge >= 0.3 is 12.4 Å². The number of halogens is 6. The number of rotatable bonds is 2. The van der Waals surface area contributed by atoms with E-state index in [2.05, 4.69) is 0 Å². The normalized spacial score (nSPS) is 26.6. The van der Waals surface area contributed by atoms with E-state index in [1.54, 1.807) is 0 Å². The van der Waals surface area contributed by atoms with Crippen LogP contribution in [0.1, 0.15) is 32.6 Å². The maximum absolute atomic E-state index is 13.1. The summed E-state index contributed by atoms with van der Waals surface area (Å²) < 4.78 is 78.4. The molecule has 2 aliphatic heterocycles. The van der Waals surface area contributed by atoms with E-state index >= 15 is 0 Å². The highest BCUT2D eigenvalue weighted by atomic mass is 19.4. The second-order valence-corrected chi connectivity index (χ2v) is 6.23. The van der Waals surface area contributed by atoms with Crippen LogP contribution in [0.4, 0.5) is 26.3 Å². The molecule has 0 bridgehead atoms. The molecule has 1 unspecified atom stereocenters. The lowest BCUT2D eigenvalue weighted by atomic mass is 9.85. The summed E-state index contributed by atoms with van der Waals surface area (Å²) >= 11 is 0. The summed E-state index contributed by atoms with van der Waals surface area (Å²) in [5.74, 6) is -0.609. The Morgan fingerprint density at radius 3 is 2.17 bits per heavy atom. The smallest absolute Gasteiger partial charge is 0.340 e. The van der Waals surface area contributed by atoms with Crippen LogP contribution in [0.3, 0.4) is 0 Å². The van der Waals surface area contributed by atoms with Gasteiger partial charge in [0.05, 0.1) is 6.04 Å². The maximum atomic E-state index is 13.1. The van der Waals surface area contributed by atoms with Crippen molar-refractivity contribution in [1.82, 2.24) is 9.80 Å². The fourth-order valence-corrected chi connectivity index (χ4v) is 3.48. The quantitative estimate of drug-likeness (QED) is 0.717. The van der Waals surface area contributed by atoms with Gasteiger partial charge in [-0.25, -0.2) is 0 Å². The number of likely N-dealkylation sites (tertiary alicyclic amines) is 2. The number of likely N-dealkylation sites (N-methyl/N-ethyl adjacent to an activating group) is 1. The Morgan fingerprint density at radius 1 is 1.09 bits per heavy atom. The molecule has 0 aliphatic carbocycles. The van der Waals surface area contributed by atoms with Crippen molar-refractivity contribution < 1.29 is 31.1 Å². The molecule has 2 heterocycles. The highest BCUT2D eigenvalue weighted by Crippen LogP contribution is 2.55. The molecule has 2 rings (SSSR count). The van der Waals surface area contributed by atoms with Gasteiger partial charge in [-0.15, -0.1) is 0 Å². The van der Waals surface area contributed by atoms with Gasteiger partial charge in [-0.05, 0) is 32.4 Å². The molecule has 3 nitrogen and oxygen atoms in total. The van der Waals surface area contributed by atoms with Gasteiger partial charge in [0.25, 0.3) is 0 Å². The fourth-order valence-electron chi connectivity index (χ4n) is 3.48. The van der Waals surface area contributed by atoms with Crippen molar-refractivity contribution in [2.24, 2.45) is 5.41 Å². The van der Waals surface area contributed by atoms with Crippen molar-refractivity contribution in [1.29, 1.82) is 0 Å². The number of carbonyl (C=O) groups is 1. The Labute approximate surface area is 130 Å². The molecule has 1 amide bonds. The van der Waals surface area contributed by atoms with Gasteiger partial charge in [0.15, 0.2) is 5.41 Å². The Hall–Kier alpha value is -0.990. The monoisotopic (exact) mass is 346 g/mol. The second kappa shape index (κ2) is 6.14. The van der Waals surface area contributed by atoms with Crippen LogP contribution in [0.5, 0.6) is 0 Å². The molecule has 0 aromatic heterocycles. The molecule has 9 heteroatoms. The zero-order valence-corrected chi connectivity index (χ0v) is 12.8. The van der Waals surface area contributed by atoms with E-state index in [4.69, 9.17) is 0 Å². The molecule has 0 saturated carbocycles. The van der Waals surface area contributed by atoms with E-state index in [1.165, 1.54) is 0 Å². The number of piperidine rings is 1. The summed E-state index contributed by atoms with van der Waals surface area (Å²) in [5, 5.41) is 0. The first-order valence-electron chi connectivity index (χ1n) is 7.70. The van der Waals surface area contributed by atoms with Gasteiger partial charge in [0, 0.05) is 13.1 Å². The van der Waals surface area contributed by atoms with E-state index in [1.807, 2.05) is 11.8 Å². The Kier molecular flexibility index (Phi) is 4.90. The van der Waals surface area contributed by atoms with E-state index in [0.717, 1.165) is 17.7 Å². The summed E-state index contributed by atoms with van der Waals surface area (Å²) in [7, 11) is 0. The Morgan fingerprint density at radius 2 is 1.70 bits per heavy atom. The molecule has 2 saturated heterocycles. The molecule has 2 aliphatic rings. The van der Waals surface area contributed by atoms with Crippen LogP contribution >= 0.6 is 0 Å². The van der Waals surface area contributed by atoms with Crippen LogP contribution in [0.15, 0.2) is 0 Å². The molecule has 134 valence electrons. The molecule has 0 aromatic rings. The lowest BCUT2D eigenvalue weighted by Crippen LogP contribution is -2.54. The fraction of sp³-hybridized carbons (Fsp3) is 0.929. The number of carbonyl (C=O) groups excluding carboxylic acids is 1. The van der Waals surface area contributed by atoms with Crippen molar-refractivity contribution in [2.45, 2.75) is 51.0 Å². The van der Waals surface area contributed by atoms with Crippen LogP contribution < -0.4 is 0 Å². The third-order valence-electron chi connectivity index (χ3n) is 4.97. The van der Waals surface area contributed by atoms with E-state index < -0.39 is 49.2 Å². The lowest BCUT2D eigenvalue weighted by molar-refractivity contribution is -0.334. The van der Waals surface area contributed by atoms with Gasteiger partial charge in [-0.1, -0.05) is 13.3 Å². The highest BCUT2D eigenvalue weighted by Gasteiger charge is 2.73. The topological polar surface area (TPSA) is 23.6 Å². The minimum absolute atomic E-state index is 0.480. The number of hydrogen-bond donors (Lipinski definition) is 0. The van der Waals surface area contributed by atoms with E-state index in [0.29, 0.717) is 19.5 Å². The van der Waals surface area contributed by atoms with Gasteiger partial charge in [-0.2, -0.15) is 26.3 Å². The molecule has 0 aromatic carbocycles. The third-order valence-corrected chi connectivity index (χ3v) is 4.97. The van der Waals surface area contributed by atoms with Gasteiger partial charge in [-0.3, -0.25) is 9.69 Å². The first kappa shape index (κ1) is 18.4. The average Bonchev–Trinajstić information content (AvgIpc) is 2.92. The predicted molar refractivity (Wildman–Crippen MR) is 70.6 cm³/mol. The zero-order valence-electron chi connectivity index (χ0n) is 12.8. The highest BCUT2D eigenvalue weighted by molar-refractivity contribution is 5.82. The summed E-state index contributed by atoms with van der Waals surface area (Å²) in [6, 6.07) is -0.606. The number of alkyl halides is 6. The predicted octanol–water partition coefficient (Wildman–Crippen LogP) is 3.20. The zero-order chi connectivity index (χ0) is 17.5. The number of amides is 1. The standard InChI is InChI=1S/C14H20F6N2O/c1-2-21-7-4-3-5-10(21)11(23)22-8-6-12(9-22,13(15,16)17)14(18,19)20/h10H,2-9H2,1H3. The first-order chi connectivity index (χ1) is 10.5. The minimum Gasteiger partial charge on any atom is -0.340 e. The van der Waals surface area contributed by atoms with Crippen LogP contribution in [0.2, 0.25) is 0 Å². The van der Waals surface area contributed by atoms with Crippen molar-refractivity contribution in [2.75, 3.05) is 26.2 Å². The summed E-state index contributed by atoms with van der Waals surface area (Å²) in [6.07, 6.45) is -9.84. The van der Waals surface area contributed by atoms with E-state index in [-0.39, 0.29) is 0 Å². The van der Waals surface area contributed by atoms with Crippen molar-refractivity contribution in [3.63, 3.8) is 0 Å². The largest absolute Gasteiger partial charge is 0.404 e. The molecule has 0 spiro atoms. The first-order valence-corrected chi connectivity index (χ1v) is 7.70. The van der Waals surface area contributed by atoms with Gasteiger partial charge in [0.1, 0.15) is 0 Å². The Balaban J connectivity index is 2.19. The molecule has 23 heavy (non-hydrogen) atoms. The second-order valence-electron chi connectivity index (χ2n) is 6.23. The molecule has 2 fully saturated rings. The van der Waals surface area contributed by atoms with Crippen LogP contribution in [0.25, 0.3) is 0 Å². The van der Waals surface area contributed by atoms with Crippen LogP contribution in [0, 0.1) is 5.41 Å². The summed E-state index contributed by atoms with van der Waals surface area (Å²) in [4.78, 5) is 15.0. The SMILES string of the molecule is CCN1CCCCC1C(=O)N1CCC(C(F)(F)F)(C(F)(F)F)C1. The average molecular weight is 346 g/mol. The Bertz CT molecular complexity index is 434. The van der Waals surface area contributed by atoms with Crippen LogP contribution in [-0.4, -0.2) is 60.3 Å². The summed E-state index contributed by atoms with van der Waals surface area (Å²) in [6.45, 7) is 1.18. The number of nitrogens with zero attached hydrogens (tertiary/aromatic N) is 2. The van der Waals surface area contributed by atoms with Crippen molar-refractivity contribution >= 4 is 5.91 Å². The summed E-state index contributed by atoms with van der Waals surface area (Å²) in [5.41, 5.74) is -3.80. The van der Waals surface area contributed by atoms with Gasteiger partial charge in [0.2, 0.25) is 5.91 Å². The maximum Gasteiger partial charge on any atom is 0.404 e. The lowest BCUT2D eigenvalue weighted by Gasteiger charge is -2.37. The van der Waals surface area contributed by atoms with Crippen LogP contribution in [-0.2, 0) is 4.79 Å². The van der Waals surface area contributed by atoms with Crippen molar-refractivity contribution in [3.05, 3.63) is 0 Å². The number of hydrogen-bond acceptors (Lipinski definition) is 2. The molecule has 1 atom stereocenters. The third kappa shape index (κ3) is 3.16. The van der Waals surface area contributed by atoms with E-state index in [9.17, 15) is 31.1 Å². The molecular weight excluding hydrogens is 326 g/mol. The van der Waals surface area contributed by atoms with Crippen molar-refractivity contribution in [3.8, 4) is 0 Å².